The van der Waals surface area contributed by atoms with Crippen molar-refractivity contribution in [3.05, 3.63) is 0 Å². The van der Waals surface area contributed by atoms with Gasteiger partial charge >= 0.3 is 0 Å². The normalized spacial score (nSPS) is 32.6. The van der Waals surface area contributed by atoms with Crippen molar-refractivity contribution in [3.8, 4) is 0 Å². The lowest BCUT2D eigenvalue weighted by molar-refractivity contribution is -0.143. The van der Waals surface area contributed by atoms with Crippen LogP contribution in [-0.2, 0) is 9.59 Å². The molecule has 0 bridgehead atoms. The summed E-state index contributed by atoms with van der Waals surface area (Å²) in [4.78, 5) is 22.9. The molecule has 0 aromatic carbocycles. The zero-order valence-corrected chi connectivity index (χ0v) is 10.4. The van der Waals surface area contributed by atoms with Gasteiger partial charge in [0.1, 0.15) is 6.04 Å². The fraction of sp³-hybridized carbons (Fsp3) is 0.833. The summed E-state index contributed by atoms with van der Waals surface area (Å²) in [6, 6.07) is -0.836. The molecule has 1 saturated heterocycles. The molecule has 1 atom stereocenters. The summed E-state index contributed by atoms with van der Waals surface area (Å²) >= 11 is 0. The highest BCUT2D eigenvalue weighted by atomic mass is 16.3. The molecule has 102 valence electrons. The van der Waals surface area contributed by atoms with Crippen LogP contribution in [0.15, 0.2) is 0 Å². The minimum Gasteiger partial charge on any atom is -0.394 e. The van der Waals surface area contributed by atoms with Crippen LogP contribution in [0.3, 0.4) is 0 Å². The summed E-state index contributed by atoms with van der Waals surface area (Å²) in [5.74, 6) is 0.297. The van der Waals surface area contributed by atoms with E-state index in [-0.39, 0.29) is 23.8 Å². The number of hydrogen-bond acceptors (Lipinski definition) is 4. The van der Waals surface area contributed by atoms with Crippen LogP contribution < -0.4 is 16.4 Å². The molecule has 0 aromatic rings. The number of aliphatic hydroxyl groups is 1. The molecule has 1 heterocycles. The average molecular weight is 255 g/mol. The number of aliphatic hydroxyl groups excluding tert-OH is 1. The lowest BCUT2D eigenvalue weighted by Crippen LogP contribution is -2.60. The second-order valence-electron chi connectivity index (χ2n) is 5.44. The number of carbonyl (C=O) groups excluding carboxylic acids is 2. The third kappa shape index (κ3) is 2.49. The molecule has 2 fully saturated rings. The maximum atomic E-state index is 11.5. The highest BCUT2D eigenvalue weighted by Gasteiger charge is 2.47. The van der Waals surface area contributed by atoms with Crippen molar-refractivity contribution in [1.29, 1.82) is 0 Å². The van der Waals surface area contributed by atoms with Crippen LogP contribution in [0.2, 0.25) is 0 Å². The molecular weight excluding hydrogens is 234 g/mol. The predicted octanol–water partition coefficient (Wildman–Crippen LogP) is -1.27. The molecule has 0 aromatic heterocycles. The van der Waals surface area contributed by atoms with Crippen LogP contribution in [0.1, 0.15) is 25.7 Å². The lowest BCUT2D eigenvalue weighted by atomic mass is 9.66. The molecule has 5 N–H and O–H groups in total. The first-order chi connectivity index (χ1) is 8.57. The summed E-state index contributed by atoms with van der Waals surface area (Å²) in [7, 11) is 0. The Morgan fingerprint density at radius 2 is 2.22 bits per heavy atom. The Bertz CT molecular complexity index is 337. The van der Waals surface area contributed by atoms with E-state index in [2.05, 4.69) is 10.6 Å². The molecule has 0 unspecified atom stereocenters. The first kappa shape index (κ1) is 13.3. The Morgan fingerprint density at radius 1 is 1.56 bits per heavy atom. The van der Waals surface area contributed by atoms with Crippen LogP contribution in [0, 0.1) is 11.3 Å². The van der Waals surface area contributed by atoms with E-state index in [1.54, 1.807) is 0 Å². The third-order valence-corrected chi connectivity index (χ3v) is 4.23. The van der Waals surface area contributed by atoms with Crippen LogP contribution in [0.4, 0.5) is 0 Å². The molecule has 1 aliphatic heterocycles. The molecule has 1 spiro atoms. The van der Waals surface area contributed by atoms with E-state index in [1.165, 1.54) is 0 Å². The second-order valence-corrected chi connectivity index (χ2v) is 5.44. The molecule has 18 heavy (non-hydrogen) atoms. The highest BCUT2D eigenvalue weighted by molar-refractivity contribution is 5.88. The van der Waals surface area contributed by atoms with Gasteiger partial charge in [0, 0.05) is 13.1 Å². The second kappa shape index (κ2) is 5.24. The van der Waals surface area contributed by atoms with Crippen LogP contribution >= 0.6 is 0 Å². The van der Waals surface area contributed by atoms with Crippen molar-refractivity contribution < 1.29 is 14.7 Å². The number of β-lactam (4-membered cyclic amide) rings is 1. The van der Waals surface area contributed by atoms with E-state index in [4.69, 9.17) is 10.8 Å². The molecule has 6 heteroatoms. The van der Waals surface area contributed by atoms with E-state index < -0.39 is 6.04 Å². The number of rotatable bonds is 4. The molecule has 2 aliphatic rings. The van der Waals surface area contributed by atoms with E-state index in [0.29, 0.717) is 12.5 Å². The van der Waals surface area contributed by atoms with Gasteiger partial charge in [0.15, 0.2) is 0 Å². The van der Waals surface area contributed by atoms with Crippen molar-refractivity contribution in [1.82, 2.24) is 10.6 Å². The van der Waals surface area contributed by atoms with E-state index in [9.17, 15) is 9.59 Å². The summed E-state index contributed by atoms with van der Waals surface area (Å²) in [5.41, 5.74) is 5.30. The topological polar surface area (TPSA) is 104 Å². The molecule has 0 radical (unpaired) electrons. The number of carbonyl (C=O) groups is 2. The lowest BCUT2D eigenvalue weighted by Gasteiger charge is -2.45. The Labute approximate surface area is 106 Å². The van der Waals surface area contributed by atoms with Gasteiger partial charge in [-0.05, 0) is 31.6 Å². The Balaban J connectivity index is 1.71. The quantitative estimate of drug-likeness (QED) is 0.470. The van der Waals surface area contributed by atoms with Crippen LogP contribution in [0.5, 0.6) is 0 Å². The van der Waals surface area contributed by atoms with Gasteiger partial charge in [-0.1, -0.05) is 0 Å². The Morgan fingerprint density at radius 3 is 2.67 bits per heavy atom. The maximum absolute atomic E-state index is 11.5. The number of nitrogens with two attached hydrogens (primary N) is 1. The van der Waals surface area contributed by atoms with Crippen molar-refractivity contribution in [2.75, 3.05) is 19.7 Å². The van der Waals surface area contributed by atoms with Gasteiger partial charge in [0.05, 0.1) is 12.0 Å². The summed E-state index contributed by atoms with van der Waals surface area (Å²) < 4.78 is 0. The van der Waals surface area contributed by atoms with Gasteiger partial charge in [-0.3, -0.25) is 9.59 Å². The molecule has 1 aliphatic carbocycles. The first-order valence-electron chi connectivity index (χ1n) is 6.50. The first-order valence-corrected chi connectivity index (χ1v) is 6.50. The monoisotopic (exact) mass is 255 g/mol. The number of hydrogen-bond donors (Lipinski definition) is 4. The SMILES string of the molecule is N[C@@H](CO)C(=O)NCC1CCC2(CC1)CNC2=O. The van der Waals surface area contributed by atoms with E-state index in [1.807, 2.05) is 0 Å². The van der Waals surface area contributed by atoms with Crippen molar-refractivity contribution in [2.45, 2.75) is 31.7 Å². The van der Waals surface area contributed by atoms with Crippen LogP contribution in [0.25, 0.3) is 0 Å². The van der Waals surface area contributed by atoms with Gasteiger partial charge in [0.2, 0.25) is 11.8 Å². The zero-order valence-electron chi connectivity index (χ0n) is 10.4. The fourth-order valence-corrected chi connectivity index (χ4v) is 2.71. The van der Waals surface area contributed by atoms with E-state index >= 15 is 0 Å². The summed E-state index contributed by atoms with van der Waals surface area (Å²) in [6.07, 6.45) is 3.74. The van der Waals surface area contributed by atoms with Gasteiger partial charge in [-0.2, -0.15) is 0 Å². The number of nitrogens with one attached hydrogen (secondary N) is 2. The standard InChI is InChI=1S/C12H21N3O3/c13-9(6-16)10(17)14-5-8-1-3-12(4-2-8)7-15-11(12)18/h8-9,16H,1-7,13H2,(H,14,17)(H,15,18)/t8?,9-,12?/m0/s1. The molecule has 2 rings (SSSR count). The average Bonchev–Trinajstić information content (AvgIpc) is 2.42. The highest BCUT2D eigenvalue weighted by Crippen LogP contribution is 2.42. The van der Waals surface area contributed by atoms with E-state index in [0.717, 1.165) is 32.2 Å². The van der Waals surface area contributed by atoms with Crippen molar-refractivity contribution >= 4 is 11.8 Å². The smallest absolute Gasteiger partial charge is 0.239 e. The van der Waals surface area contributed by atoms with Crippen LogP contribution in [-0.4, -0.2) is 42.7 Å². The largest absolute Gasteiger partial charge is 0.394 e. The Kier molecular flexibility index (Phi) is 3.87. The predicted molar refractivity (Wildman–Crippen MR) is 65.5 cm³/mol. The van der Waals surface area contributed by atoms with Gasteiger partial charge in [0.25, 0.3) is 0 Å². The summed E-state index contributed by atoms with van der Waals surface area (Å²) in [5, 5.41) is 14.3. The van der Waals surface area contributed by atoms with Gasteiger partial charge in [-0.15, -0.1) is 0 Å². The van der Waals surface area contributed by atoms with Gasteiger partial charge < -0.3 is 21.5 Å². The Hall–Kier alpha value is -1.14. The third-order valence-electron chi connectivity index (χ3n) is 4.23. The zero-order chi connectivity index (χ0) is 13.2. The summed E-state index contributed by atoms with van der Waals surface area (Å²) in [6.45, 7) is 1.06. The maximum Gasteiger partial charge on any atom is 0.239 e. The fourth-order valence-electron chi connectivity index (χ4n) is 2.71. The molecule has 2 amide bonds. The molecule has 6 nitrogen and oxygen atoms in total. The molecule has 1 saturated carbocycles. The van der Waals surface area contributed by atoms with Crippen molar-refractivity contribution in [3.63, 3.8) is 0 Å². The van der Waals surface area contributed by atoms with Gasteiger partial charge in [-0.25, -0.2) is 0 Å². The molecular formula is C12H21N3O3. The minimum atomic E-state index is -0.836. The minimum absolute atomic E-state index is 0.109. The number of amides is 2. The van der Waals surface area contributed by atoms with Crippen molar-refractivity contribution in [2.24, 2.45) is 17.1 Å².